The zero-order chi connectivity index (χ0) is 36.3. The number of nitrogens with zero attached hydrogens (tertiary/aromatic N) is 1. The molecule has 0 fully saturated rings. The highest BCUT2D eigenvalue weighted by atomic mass is 16.6. The quantitative estimate of drug-likeness (QED) is 0.0301. The molecule has 6 nitrogen and oxygen atoms in total. The van der Waals surface area contributed by atoms with Gasteiger partial charge in [0, 0.05) is 19.8 Å². The van der Waals surface area contributed by atoms with E-state index in [9.17, 15) is 14.7 Å². The van der Waals surface area contributed by atoms with Gasteiger partial charge in [-0.05, 0) is 12.8 Å². The number of esters is 2. The lowest BCUT2D eigenvalue weighted by atomic mass is 10.0. The number of quaternary nitrogens is 1. The van der Waals surface area contributed by atoms with Crippen LogP contribution >= 0.6 is 0 Å². The van der Waals surface area contributed by atoms with E-state index in [-0.39, 0.29) is 23.0 Å². The van der Waals surface area contributed by atoms with Crippen LogP contribution in [-0.4, -0.2) is 61.1 Å². The van der Waals surface area contributed by atoms with E-state index in [2.05, 4.69) is 13.8 Å². The molecule has 0 aliphatic rings. The molecule has 0 aromatic rings. The summed E-state index contributed by atoms with van der Waals surface area (Å²) in [6.45, 7) is 6.73. The van der Waals surface area contributed by atoms with E-state index in [0.717, 1.165) is 32.1 Å². The molecule has 6 heteroatoms. The van der Waals surface area contributed by atoms with Gasteiger partial charge in [-0.1, -0.05) is 194 Å². The van der Waals surface area contributed by atoms with Gasteiger partial charge in [-0.2, -0.15) is 0 Å². The fraction of sp³-hybridized carbons (Fsp3) is 0.953. The first-order valence-electron chi connectivity index (χ1n) is 21.6. The van der Waals surface area contributed by atoms with Crippen molar-refractivity contribution in [2.75, 3.05) is 27.2 Å². The van der Waals surface area contributed by atoms with Gasteiger partial charge in [-0.3, -0.25) is 9.59 Å². The van der Waals surface area contributed by atoms with Gasteiger partial charge < -0.3 is 19.1 Å². The molecule has 0 aromatic heterocycles. The maximum atomic E-state index is 12.7. The van der Waals surface area contributed by atoms with Crippen molar-refractivity contribution in [3.63, 3.8) is 0 Å². The van der Waals surface area contributed by atoms with E-state index >= 15 is 0 Å². The van der Waals surface area contributed by atoms with Gasteiger partial charge in [0.25, 0.3) is 0 Å². The van der Waals surface area contributed by atoms with E-state index in [1.165, 1.54) is 161 Å². The van der Waals surface area contributed by atoms with Crippen LogP contribution in [0.3, 0.4) is 0 Å². The summed E-state index contributed by atoms with van der Waals surface area (Å²) < 4.78 is 11.6. The van der Waals surface area contributed by atoms with Gasteiger partial charge >= 0.3 is 11.9 Å². The van der Waals surface area contributed by atoms with Gasteiger partial charge in [-0.25, -0.2) is 0 Å². The lowest BCUT2D eigenvalue weighted by molar-refractivity contribution is -0.937. The smallest absolute Gasteiger partial charge is 0.306 e. The second-order valence-electron chi connectivity index (χ2n) is 15.8. The van der Waals surface area contributed by atoms with Crippen molar-refractivity contribution in [3.8, 4) is 0 Å². The maximum Gasteiger partial charge on any atom is 0.306 e. The normalized spacial score (nSPS) is 13.0. The number of aliphatic hydroxyl groups is 1. The van der Waals surface area contributed by atoms with Crippen LogP contribution in [-0.2, 0) is 19.1 Å². The molecular weight excluding hydrogens is 610 g/mol. The molecule has 0 saturated carbocycles. The molecule has 0 rings (SSSR count). The first kappa shape index (κ1) is 47.9. The Bertz CT molecular complexity index is 725. The summed E-state index contributed by atoms with van der Waals surface area (Å²) in [6, 6.07) is 0. The van der Waals surface area contributed by atoms with Crippen LogP contribution in [0, 0.1) is 0 Å². The predicted molar refractivity (Wildman–Crippen MR) is 209 cm³/mol. The molecule has 2 atom stereocenters. The third-order valence-electron chi connectivity index (χ3n) is 10.4. The highest BCUT2D eigenvalue weighted by Crippen LogP contribution is 2.16. The third kappa shape index (κ3) is 33.7. The minimum atomic E-state index is -0.618. The van der Waals surface area contributed by atoms with E-state index in [4.69, 9.17) is 9.47 Å². The van der Waals surface area contributed by atoms with Gasteiger partial charge in [0.1, 0.15) is 13.2 Å². The van der Waals surface area contributed by atoms with Crippen molar-refractivity contribution in [1.29, 1.82) is 0 Å². The predicted octanol–water partition coefficient (Wildman–Crippen LogP) is 12.4. The van der Waals surface area contributed by atoms with Gasteiger partial charge in [0.05, 0.1) is 14.1 Å². The number of carbonyl (C=O) groups excluding carboxylic acids is 2. The summed E-state index contributed by atoms with van der Waals surface area (Å²) >= 11 is 0. The highest BCUT2D eigenvalue weighted by molar-refractivity contribution is 5.70. The van der Waals surface area contributed by atoms with Crippen molar-refractivity contribution in [3.05, 3.63) is 0 Å². The minimum absolute atomic E-state index is 0.0522. The topological polar surface area (TPSA) is 72.8 Å². The SMILES string of the molecule is CCCCCCCCCCCCCCCCCC(=O)OCC(C[N+](C)(C)C(C)O)OC(=O)CCCCCCCCCCCCCCCCC. The van der Waals surface area contributed by atoms with Crippen LogP contribution in [0.25, 0.3) is 0 Å². The highest BCUT2D eigenvalue weighted by Gasteiger charge is 2.30. The molecule has 49 heavy (non-hydrogen) atoms. The maximum absolute atomic E-state index is 12.7. The van der Waals surface area contributed by atoms with E-state index in [1.807, 2.05) is 14.1 Å². The lowest BCUT2D eigenvalue weighted by Crippen LogP contribution is -2.53. The molecule has 0 radical (unpaired) electrons. The van der Waals surface area contributed by atoms with Gasteiger partial charge in [-0.15, -0.1) is 0 Å². The number of hydrogen-bond donors (Lipinski definition) is 1. The van der Waals surface area contributed by atoms with Crippen molar-refractivity contribution >= 4 is 11.9 Å². The molecule has 0 heterocycles. The molecule has 0 saturated heterocycles. The molecule has 0 amide bonds. The number of carbonyl (C=O) groups is 2. The number of aliphatic hydroxyl groups excluding tert-OH is 1. The lowest BCUT2D eigenvalue weighted by Gasteiger charge is -2.35. The Morgan fingerprint density at radius 1 is 0.490 bits per heavy atom. The van der Waals surface area contributed by atoms with E-state index in [1.54, 1.807) is 6.92 Å². The molecular formula is C43H86NO5+. The van der Waals surface area contributed by atoms with Crippen LogP contribution in [0.5, 0.6) is 0 Å². The van der Waals surface area contributed by atoms with Crippen LogP contribution in [0.4, 0.5) is 0 Å². The summed E-state index contributed by atoms with van der Waals surface area (Å²) in [5, 5.41) is 10.2. The van der Waals surface area contributed by atoms with Crippen molar-refractivity contribution in [1.82, 2.24) is 0 Å². The Labute approximate surface area is 305 Å². The second-order valence-corrected chi connectivity index (χ2v) is 15.8. The van der Waals surface area contributed by atoms with Crippen LogP contribution in [0.1, 0.15) is 226 Å². The summed E-state index contributed by atoms with van der Waals surface area (Å²) in [7, 11) is 3.80. The third-order valence-corrected chi connectivity index (χ3v) is 10.4. The summed E-state index contributed by atoms with van der Waals surface area (Å²) in [6.07, 6.45) is 38.4. The Morgan fingerprint density at radius 3 is 1.08 bits per heavy atom. The molecule has 0 bridgehead atoms. The molecule has 0 aromatic carbocycles. The number of hydrogen-bond acceptors (Lipinski definition) is 5. The fourth-order valence-corrected chi connectivity index (χ4v) is 6.59. The monoisotopic (exact) mass is 697 g/mol. The molecule has 292 valence electrons. The average molecular weight is 697 g/mol. The van der Waals surface area contributed by atoms with Crippen LogP contribution in [0.2, 0.25) is 0 Å². The van der Waals surface area contributed by atoms with Crippen LogP contribution in [0.15, 0.2) is 0 Å². The first-order chi connectivity index (χ1) is 23.7. The standard InChI is InChI=1S/C43H86NO5/c1-6-8-10-12-14-16-18-20-22-24-26-28-30-32-34-36-42(46)48-39-41(38-44(4,5)40(3)45)49-43(47)37-35-33-31-29-27-25-23-21-19-17-15-13-11-9-7-2/h40-41,45H,6-39H2,1-5H3/q+1. The molecule has 1 N–H and O–H groups in total. The Balaban J connectivity index is 4.00. The molecule has 2 unspecified atom stereocenters. The van der Waals surface area contributed by atoms with Crippen LogP contribution < -0.4 is 0 Å². The Hall–Kier alpha value is -1.14. The van der Waals surface area contributed by atoms with Crippen molar-refractivity contribution in [2.24, 2.45) is 0 Å². The summed E-state index contributed by atoms with van der Waals surface area (Å²) in [5.41, 5.74) is 0. The fourth-order valence-electron chi connectivity index (χ4n) is 6.59. The Kier molecular flexibility index (Phi) is 34.5. The number of likely N-dealkylation sites (N-methyl/N-ethyl adjacent to an activating group) is 1. The summed E-state index contributed by atoms with van der Waals surface area (Å²) in [4.78, 5) is 25.2. The van der Waals surface area contributed by atoms with E-state index in [0.29, 0.717) is 19.4 Å². The average Bonchev–Trinajstić information content (AvgIpc) is 3.07. The second kappa shape index (κ2) is 35.3. The van der Waals surface area contributed by atoms with Crippen molar-refractivity contribution in [2.45, 2.75) is 239 Å². The number of rotatable bonds is 38. The van der Waals surface area contributed by atoms with Gasteiger partial charge in [0.15, 0.2) is 12.3 Å². The molecule has 0 aliphatic carbocycles. The minimum Gasteiger partial charge on any atom is -0.461 e. The summed E-state index contributed by atoms with van der Waals surface area (Å²) in [5.74, 6) is -0.454. The van der Waals surface area contributed by atoms with Crippen molar-refractivity contribution < 1.29 is 28.7 Å². The molecule has 0 spiro atoms. The van der Waals surface area contributed by atoms with Gasteiger partial charge in [0.2, 0.25) is 0 Å². The first-order valence-corrected chi connectivity index (χ1v) is 21.6. The zero-order valence-corrected chi connectivity index (χ0v) is 33.7. The number of ether oxygens (including phenoxy) is 2. The number of unbranched alkanes of at least 4 members (excludes halogenated alkanes) is 28. The largest absolute Gasteiger partial charge is 0.461 e. The Morgan fingerprint density at radius 2 is 0.776 bits per heavy atom. The van der Waals surface area contributed by atoms with E-state index < -0.39 is 12.3 Å². The zero-order valence-electron chi connectivity index (χ0n) is 33.7. The molecule has 0 aliphatic heterocycles.